The second-order valence-electron chi connectivity index (χ2n) is 2.80. The molecular formula is C9H11ClN2O. The smallest absolute Gasteiger partial charge is 0.221 e. The molecule has 0 radical (unpaired) electrons. The molecule has 1 rings (SSSR count). The van der Waals surface area contributed by atoms with Crippen LogP contribution in [0.3, 0.4) is 0 Å². The van der Waals surface area contributed by atoms with Gasteiger partial charge < -0.3 is 5.32 Å². The van der Waals surface area contributed by atoms with E-state index in [-0.39, 0.29) is 5.91 Å². The van der Waals surface area contributed by atoms with Gasteiger partial charge in [0.15, 0.2) is 0 Å². The first-order chi connectivity index (χ1) is 6.11. The molecule has 1 N–H and O–H groups in total. The summed E-state index contributed by atoms with van der Waals surface area (Å²) >= 11 is 5.63. The number of hydrogen-bond acceptors (Lipinski definition) is 2. The summed E-state index contributed by atoms with van der Waals surface area (Å²) in [7, 11) is 0. The Morgan fingerprint density at radius 3 is 2.85 bits per heavy atom. The third kappa shape index (κ3) is 3.03. The van der Waals surface area contributed by atoms with E-state index in [1.165, 1.54) is 6.92 Å². The Hall–Kier alpha value is -1.09. The Bertz CT molecular complexity index is 325. The molecule has 0 bridgehead atoms. The number of alkyl halides is 1. The number of hydrogen-bond donors (Lipinski definition) is 1. The number of aryl methyl sites for hydroxylation is 1. The maximum atomic E-state index is 10.8. The third-order valence-electron chi connectivity index (χ3n) is 1.46. The number of nitrogens with zero attached hydrogens (tertiary/aromatic N) is 1. The van der Waals surface area contributed by atoms with Crippen LogP contribution in [0.25, 0.3) is 0 Å². The maximum absolute atomic E-state index is 10.8. The predicted octanol–water partition coefficient (Wildman–Crippen LogP) is 2.09. The quantitative estimate of drug-likeness (QED) is 0.740. The van der Waals surface area contributed by atoms with Crippen LogP contribution in [0.1, 0.15) is 18.3 Å². The number of rotatable bonds is 2. The summed E-state index contributed by atoms with van der Waals surface area (Å²) in [5, 5.41) is 2.68. The van der Waals surface area contributed by atoms with E-state index in [1.807, 2.05) is 6.92 Å². The molecule has 0 fully saturated rings. The summed E-state index contributed by atoms with van der Waals surface area (Å²) in [5.41, 5.74) is 2.36. The van der Waals surface area contributed by atoms with E-state index in [9.17, 15) is 4.79 Å². The second-order valence-corrected chi connectivity index (χ2v) is 3.07. The fourth-order valence-corrected chi connectivity index (χ4v) is 1.22. The average molecular weight is 199 g/mol. The highest BCUT2D eigenvalue weighted by Crippen LogP contribution is 2.12. The topological polar surface area (TPSA) is 42.0 Å². The predicted molar refractivity (Wildman–Crippen MR) is 52.8 cm³/mol. The van der Waals surface area contributed by atoms with Crippen LogP contribution in [0.4, 0.5) is 5.69 Å². The average Bonchev–Trinajstić information content (AvgIpc) is 2.01. The number of halogens is 1. The molecular weight excluding hydrogens is 188 g/mol. The van der Waals surface area contributed by atoms with Crippen LogP contribution < -0.4 is 5.32 Å². The van der Waals surface area contributed by atoms with Crippen LogP contribution in [0.5, 0.6) is 0 Å². The van der Waals surface area contributed by atoms with Crippen molar-refractivity contribution >= 4 is 23.2 Å². The van der Waals surface area contributed by atoms with Crippen molar-refractivity contribution in [3.63, 3.8) is 0 Å². The highest BCUT2D eigenvalue weighted by Gasteiger charge is 2.00. The number of aromatic nitrogens is 1. The number of carbonyl (C=O) groups excluding carboxylic acids is 1. The van der Waals surface area contributed by atoms with Gasteiger partial charge in [0.2, 0.25) is 5.91 Å². The Morgan fingerprint density at radius 1 is 1.62 bits per heavy atom. The van der Waals surface area contributed by atoms with Gasteiger partial charge in [0.25, 0.3) is 0 Å². The molecule has 1 aromatic rings. The highest BCUT2D eigenvalue weighted by molar-refractivity contribution is 6.16. The molecule has 13 heavy (non-hydrogen) atoms. The normalized spacial score (nSPS) is 9.77. The standard InChI is InChI=1S/C9H11ClN2O/c1-6-3-8(12-7(2)13)4-9(5-10)11-6/h3-4H,5H2,1-2H3,(H,11,12,13). The van der Waals surface area contributed by atoms with Gasteiger partial charge in [-0.15, -0.1) is 11.6 Å². The van der Waals surface area contributed by atoms with Gasteiger partial charge in [-0.05, 0) is 19.1 Å². The van der Waals surface area contributed by atoms with Crippen molar-refractivity contribution in [2.45, 2.75) is 19.7 Å². The highest BCUT2D eigenvalue weighted by atomic mass is 35.5. The van der Waals surface area contributed by atoms with E-state index in [2.05, 4.69) is 10.3 Å². The van der Waals surface area contributed by atoms with Crippen molar-refractivity contribution in [1.82, 2.24) is 4.98 Å². The molecule has 1 amide bonds. The lowest BCUT2D eigenvalue weighted by molar-refractivity contribution is -0.114. The van der Waals surface area contributed by atoms with Crippen LogP contribution in [0.2, 0.25) is 0 Å². The monoisotopic (exact) mass is 198 g/mol. The van der Waals surface area contributed by atoms with E-state index in [0.717, 1.165) is 17.1 Å². The van der Waals surface area contributed by atoms with E-state index in [1.54, 1.807) is 12.1 Å². The number of carbonyl (C=O) groups is 1. The zero-order valence-electron chi connectivity index (χ0n) is 7.60. The van der Waals surface area contributed by atoms with Gasteiger partial charge in [-0.1, -0.05) is 0 Å². The summed E-state index contributed by atoms with van der Waals surface area (Å²) in [6, 6.07) is 3.57. The van der Waals surface area contributed by atoms with Crippen LogP contribution in [-0.2, 0) is 10.7 Å². The first-order valence-electron chi connectivity index (χ1n) is 3.93. The van der Waals surface area contributed by atoms with Gasteiger partial charge >= 0.3 is 0 Å². The van der Waals surface area contributed by atoms with Crippen LogP contribution >= 0.6 is 11.6 Å². The molecule has 0 aliphatic carbocycles. The van der Waals surface area contributed by atoms with Gasteiger partial charge in [0, 0.05) is 18.3 Å². The number of amides is 1. The summed E-state index contributed by atoms with van der Waals surface area (Å²) in [6.45, 7) is 3.33. The third-order valence-corrected chi connectivity index (χ3v) is 1.74. The lowest BCUT2D eigenvalue weighted by atomic mass is 10.3. The zero-order chi connectivity index (χ0) is 9.84. The van der Waals surface area contributed by atoms with E-state index < -0.39 is 0 Å². The molecule has 0 aliphatic rings. The molecule has 0 unspecified atom stereocenters. The first-order valence-corrected chi connectivity index (χ1v) is 4.46. The lowest BCUT2D eigenvalue weighted by Gasteiger charge is -2.04. The van der Waals surface area contributed by atoms with Crippen molar-refractivity contribution in [3.05, 3.63) is 23.5 Å². The van der Waals surface area contributed by atoms with Gasteiger partial charge in [-0.25, -0.2) is 0 Å². The Balaban J connectivity index is 2.94. The lowest BCUT2D eigenvalue weighted by Crippen LogP contribution is -2.06. The molecule has 0 saturated carbocycles. The number of anilines is 1. The van der Waals surface area contributed by atoms with Gasteiger partial charge in [0.1, 0.15) is 0 Å². The van der Waals surface area contributed by atoms with E-state index in [4.69, 9.17) is 11.6 Å². The van der Waals surface area contributed by atoms with Crippen LogP contribution in [0.15, 0.2) is 12.1 Å². The first kappa shape index (κ1) is 9.99. The SMILES string of the molecule is CC(=O)Nc1cc(C)nc(CCl)c1. The molecule has 0 spiro atoms. The number of pyridine rings is 1. The van der Waals surface area contributed by atoms with E-state index in [0.29, 0.717) is 5.88 Å². The molecule has 0 aromatic carbocycles. The largest absolute Gasteiger partial charge is 0.326 e. The molecule has 0 saturated heterocycles. The van der Waals surface area contributed by atoms with Gasteiger partial charge in [0.05, 0.1) is 11.6 Å². The van der Waals surface area contributed by atoms with Gasteiger partial charge in [-0.3, -0.25) is 9.78 Å². The van der Waals surface area contributed by atoms with E-state index >= 15 is 0 Å². The fourth-order valence-electron chi connectivity index (χ4n) is 1.08. The molecule has 3 nitrogen and oxygen atoms in total. The molecule has 0 atom stereocenters. The molecule has 4 heteroatoms. The van der Waals surface area contributed by atoms with Crippen LogP contribution in [-0.4, -0.2) is 10.9 Å². The fraction of sp³-hybridized carbons (Fsp3) is 0.333. The van der Waals surface area contributed by atoms with Crippen LogP contribution in [0, 0.1) is 6.92 Å². The van der Waals surface area contributed by atoms with Crippen molar-refractivity contribution in [3.8, 4) is 0 Å². The minimum absolute atomic E-state index is 0.0916. The summed E-state index contributed by atoms with van der Waals surface area (Å²) in [6.07, 6.45) is 0. The van der Waals surface area contributed by atoms with Crippen molar-refractivity contribution in [2.24, 2.45) is 0 Å². The Kier molecular flexibility index (Phi) is 3.25. The van der Waals surface area contributed by atoms with Crippen molar-refractivity contribution < 1.29 is 4.79 Å². The Morgan fingerprint density at radius 2 is 2.31 bits per heavy atom. The Labute approximate surface area is 82.1 Å². The van der Waals surface area contributed by atoms with Crippen molar-refractivity contribution in [2.75, 3.05) is 5.32 Å². The number of nitrogens with one attached hydrogen (secondary N) is 1. The maximum Gasteiger partial charge on any atom is 0.221 e. The minimum Gasteiger partial charge on any atom is -0.326 e. The molecule has 1 aromatic heterocycles. The summed E-state index contributed by atoms with van der Waals surface area (Å²) in [5.74, 6) is 0.264. The van der Waals surface area contributed by atoms with Crippen molar-refractivity contribution in [1.29, 1.82) is 0 Å². The molecule has 70 valence electrons. The second kappa shape index (κ2) is 4.23. The summed E-state index contributed by atoms with van der Waals surface area (Å²) in [4.78, 5) is 14.9. The molecule has 1 heterocycles. The minimum atomic E-state index is -0.0916. The van der Waals surface area contributed by atoms with Gasteiger partial charge in [-0.2, -0.15) is 0 Å². The molecule has 0 aliphatic heterocycles. The zero-order valence-corrected chi connectivity index (χ0v) is 8.35. The summed E-state index contributed by atoms with van der Waals surface area (Å²) < 4.78 is 0.